The summed E-state index contributed by atoms with van der Waals surface area (Å²) in [6.45, 7) is 0. The molecule has 35 heavy (non-hydrogen) atoms. The number of hydrogen-bond donors (Lipinski definition) is 0. The molecule has 2 heteroatoms. The molecule has 0 N–H and O–H groups in total. The first kappa shape index (κ1) is 20.0. The molecule has 0 saturated carbocycles. The van der Waals surface area contributed by atoms with Crippen LogP contribution in [0.25, 0.3) is 24.3 Å². The van der Waals surface area contributed by atoms with Crippen molar-refractivity contribution >= 4 is 24.3 Å². The quantitative estimate of drug-likeness (QED) is 0.251. The molecule has 1 aromatic heterocycles. The lowest BCUT2D eigenvalue weighted by atomic mass is 9.94. The predicted molar refractivity (Wildman–Crippen MR) is 143 cm³/mol. The van der Waals surface area contributed by atoms with Crippen LogP contribution in [0.15, 0.2) is 116 Å². The Bertz CT molecular complexity index is 1400. The average molecular weight is 450 g/mol. The van der Waals surface area contributed by atoms with E-state index in [9.17, 15) is 0 Å². The van der Waals surface area contributed by atoms with Gasteiger partial charge in [-0.15, -0.1) is 0 Å². The number of rotatable bonds is 2. The summed E-state index contributed by atoms with van der Waals surface area (Å²) in [6, 6.07) is 35.2. The van der Waals surface area contributed by atoms with Crippen LogP contribution in [0.3, 0.4) is 0 Å². The van der Waals surface area contributed by atoms with E-state index in [1.54, 1.807) is 0 Å². The predicted octanol–water partition coefficient (Wildman–Crippen LogP) is 7.02. The van der Waals surface area contributed by atoms with Crippen LogP contribution in [0.2, 0.25) is 0 Å². The molecule has 0 fully saturated rings. The molecule has 0 radical (unpaired) electrons. The lowest BCUT2D eigenvalue weighted by Crippen LogP contribution is -2.39. The first-order valence-electron chi connectivity index (χ1n) is 12.2. The molecule has 1 heterocycles. The summed E-state index contributed by atoms with van der Waals surface area (Å²) in [7, 11) is 0. The number of aromatic nitrogens is 2. The molecule has 2 aliphatic rings. The third kappa shape index (κ3) is 3.30. The van der Waals surface area contributed by atoms with E-state index in [2.05, 4.69) is 149 Å². The van der Waals surface area contributed by atoms with Crippen molar-refractivity contribution in [3.05, 3.63) is 160 Å². The highest BCUT2D eigenvalue weighted by Crippen LogP contribution is 2.36. The van der Waals surface area contributed by atoms with Crippen LogP contribution in [0, 0.1) is 0 Å². The summed E-state index contributed by atoms with van der Waals surface area (Å²) >= 11 is 0. The van der Waals surface area contributed by atoms with Crippen molar-refractivity contribution < 1.29 is 4.57 Å². The monoisotopic (exact) mass is 449 g/mol. The van der Waals surface area contributed by atoms with Gasteiger partial charge >= 0.3 is 0 Å². The summed E-state index contributed by atoms with van der Waals surface area (Å²) in [5, 5.41) is 0. The number of nitrogens with zero attached hydrogens (tertiary/aromatic N) is 2. The Morgan fingerprint density at radius 2 is 0.886 bits per heavy atom. The van der Waals surface area contributed by atoms with Crippen molar-refractivity contribution in [1.82, 2.24) is 4.57 Å². The van der Waals surface area contributed by atoms with Crippen molar-refractivity contribution in [3.63, 3.8) is 0 Å². The SMILES string of the molecule is C1=Cc2ccccc2C(n2cc[n+](C3c4ccccc4C=Cc4ccccc43)c2)c2ccccc21. The highest BCUT2D eigenvalue weighted by Gasteiger charge is 2.31. The van der Waals surface area contributed by atoms with E-state index in [0.29, 0.717) is 0 Å². The van der Waals surface area contributed by atoms with Crippen molar-refractivity contribution in [3.8, 4) is 0 Å². The topological polar surface area (TPSA) is 8.81 Å². The van der Waals surface area contributed by atoms with E-state index in [0.717, 1.165) is 0 Å². The fourth-order valence-electron chi connectivity index (χ4n) is 5.67. The van der Waals surface area contributed by atoms with Crippen LogP contribution in [-0.4, -0.2) is 4.57 Å². The lowest BCUT2D eigenvalue weighted by Gasteiger charge is -2.19. The van der Waals surface area contributed by atoms with E-state index < -0.39 is 0 Å². The molecule has 0 atom stereocenters. The van der Waals surface area contributed by atoms with E-state index >= 15 is 0 Å². The molecule has 0 bridgehead atoms. The second kappa shape index (κ2) is 8.11. The van der Waals surface area contributed by atoms with Gasteiger partial charge in [0.1, 0.15) is 12.4 Å². The van der Waals surface area contributed by atoms with Crippen LogP contribution in [0.5, 0.6) is 0 Å². The van der Waals surface area contributed by atoms with Crippen molar-refractivity contribution in [1.29, 1.82) is 0 Å². The molecule has 5 aromatic rings. The Balaban J connectivity index is 1.42. The number of imidazole rings is 1. The molecule has 2 nitrogen and oxygen atoms in total. The normalized spacial score (nSPS) is 14.4. The van der Waals surface area contributed by atoms with Crippen LogP contribution in [0.4, 0.5) is 0 Å². The Labute approximate surface area is 205 Å². The minimum Gasteiger partial charge on any atom is -0.226 e. The van der Waals surface area contributed by atoms with Gasteiger partial charge in [0.15, 0.2) is 12.1 Å². The van der Waals surface area contributed by atoms with Crippen LogP contribution in [0.1, 0.15) is 56.6 Å². The maximum Gasteiger partial charge on any atom is 0.245 e. The van der Waals surface area contributed by atoms with Crippen molar-refractivity contribution in [2.75, 3.05) is 0 Å². The summed E-state index contributed by atoms with van der Waals surface area (Å²) in [5.74, 6) is 0. The molecule has 0 aliphatic heterocycles. The molecule has 0 spiro atoms. The molecule has 0 unspecified atom stereocenters. The largest absolute Gasteiger partial charge is 0.245 e. The van der Waals surface area contributed by atoms with Gasteiger partial charge in [0.2, 0.25) is 6.33 Å². The van der Waals surface area contributed by atoms with Crippen LogP contribution in [-0.2, 0) is 0 Å². The van der Waals surface area contributed by atoms with E-state index in [-0.39, 0.29) is 12.1 Å². The Morgan fingerprint density at radius 3 is 1.37 bits per heavy atom. The standard InChI is InChI=1S/C33H25N2/c1-5-13-28-24(9-1)17-18-25-10-2-6-14-29(25)32(28)34-21-22-35(23-34)33-30-15-7-3-11-26(30)19-20-27-12-4-8-16-31(27)33/h1-23,32-33H/q+1. The zero-order valence-electron chi connectivity index (χ0n) is 19.3. The van der Waals surface area contributed by atoms with Crippen LogP contribution < -0.4 is 4.57 Å². The molecule has 2 aliphatic carbocycles. The average Bonchev–Trinajstić information content (AvgIpc) is 3.23. The van der Waals surface area contributed by atoms with Gasteiger partial charge in [-0.3, -0.25) is 0 Å². The van der Waals surface area contributed by atoms with Gasteiger partial charge in [-0.25, -0.2) is 9.13 Å². The molecule has 0 amide bonds. The maximum absolute atomic E-state index is 2.37. The van der Waals surface area contributed by atoms with Crippen LogP contribution >= 0.6 is 0 Å². The van der Waals surface area contributed by atoms with Gasteiger partial charge in [0.05, 0.1) is 0 Å². The van der Waals surface area contributed by atoms with E-state index in [1.807, 2.05) is 0 Å². The zero-order valence-corrected chi connectivity index (χ0v) is 19.3. The van der Waals surface area contributed by atoms with E-state index in [1.165, 1.54) is 44.5 Å². The number of fused-ring (bicyclic) bond motifs is 4. The summed E-state index contributed by atoms with van der Waals surface area (Å²) in [6.07, 6.45) is 15.7. The fourth-order valence-corrected chi connectivity index (χ4v) is 5.67. The number of hydrogen-bond acceptors (Lipinski definition) is 0. The minimum atomic E-state index is 0.105. The Kier molecular flexibility index (Phi) is 4.63. The van der Waals surface area contributed by atoms with Crippen molar-refractivity contribution in [2.24, 2.45) is 0 Å². The highest BCUT2D eigenvalue weighted by molar-refractivity contribution is 5.77. The van der Waals surface area contributed by atoms with Gasteiger partial charge in [-0.05, 0) is 22.3 Å². The van der Waals surface area contributed by atoms with Crippen molar-refractivity contribution in [2.45, 2.75) is 12.1 Å². The summed E-state index contributed by atoms with van der Waals surface area (Å²) in [5.41, 5.74) is 10.3. The first-order valence-corrected chi connectivity index (χ1v) is 12.2. The molecule has 7 rings (SSSR count). The molecular formula is C33H25N2+. The fraction of sp³-hybridized carbons (Fsp3) is 0.0606. The first-order chi connectivity index (χ1) is 17.4. The smallest absolute Gasteiger partial charge is 0.226 e. The Morgan fingerprint density at radius 1 is 0.486 bits per heavy atom. The van der Waals surface area contributed by atoms with Gasteiger partial charge in [-0.1, -0.05) is 121 Å². The van der Waals surface area contributed by atoms with Gasteiger partial charge < -0.3 is 0 Å². The second-order valence-electron chi connectivity index (χ2n) is 9.30. The third-order valence-corrected chi connectivity index (χ3v) is 7.32. The maximum atomic E-state index is 2.37. The lowest BCUT2D eigenvalue weighted by molar-refractivity contribution is -0.704. The number of benzene rings is 4. The van der Waals surface area contributed by atoms with Gasteiger partial charge in [0, 0.05) is 22.3 Å². The molecule has 166 valence electrons. The summed E-state index contributed by atoms with van der Waals surface area (Å²) < 4.78 is 4.74. The highest BCUT2D eigenvalue weighted by atomic mass is 15.1. The van der Waals surface area contributed by atoms with E-state index in [4.69, 9.17) is 0 Å². The molecule has 4 aromatic carbocycles. The minimum absolute atomic E-state index is 0.105. The third-order valence-electron chi connectivity index (χ3n) is 7.32. The second-order valence-corrected chi connectivity index (χ2v) is 9.30. The van der Waals surface area contributed by atoms with Gasteiger partial charge in [-0.2, -0.15) is 0 Å². The zero-order chi connectivity index (χ0) is 23.2. The molecular weight excluding hydrogens is 424 g/mol. The summed E-state index contributed by atoms with van der Waals surface area (Å²) in [4.78, 5) is 0. The van der Waals surface area contributed by atoms with Gasteiger partial charge in [0.25, 0.3) is 0 Å². The Hall–Kier alpha value is -4.43. The molecule has 0 saturated heterocycles.